The molecule has 11 rings (SSSR count). The molecule has 0 N–H and O–H groups in total. The van der Waals surface area contributed by atoms with Gasteiger partial charge in [-0.15, -0.1) is 0 Å². The van der Waals surface area contributed by atoms with Crippen LogP contribution in [0.1, 0.15) is 29.0 Å². The molecule has 1 heteroatoms. The first-order valence-electron chi connectivity index (χ1n) is 21.3. The lowest BCUT2D eigenvalue weighted by molar-refractivity contribution is 0.301. The van der Waals surface area contributed by atoms with Crippen LogP contribution in [0.15, 0.2) is 243 Å². The predicted octanol–water partition coefficient (Wildman–Crippen LogP) is 15.6. The maximum absolute atomic E-state index is 2.53. The predicted molar refractivity (Wildman–Crippen MR) is 253 cm³/mol. The van der Waals surface area contributed by atoms with Crippen LogP contribution in [0.2, 0.25) is 0 Å². The van der Waals surface area contributed by atoms with Crippen molar-refractivity contribution in [3.05, 3.63) is 259 Å². The summed E-state index contributed by atoms with van der Waals surface area (Å²) >= 11 is 0. The smallest absolute Gasteiger partial charge is 0.0464 e. The van der Waals surface area contributed by atoms with Crippen molar-refractivity contribution in [2.75, 3.05) is 4.90 Å². The molecule has 0 aliphatic heterocycles. The summed E-state index contributed by atoms with van der Waals surface area (Å²) in [5.41, 5.74) is 14.7. The highest BCUT2D eigenvalue weighted by atomic mass is 15.1. The molecule has 0 spiro atoms. The molecule has 0 saturated heterocycles. The van der Waals surface area contributed by atoms with Crippen LogP contribution in [0.3, 0.4) is 0 Å². The number of anilines is 3. The van der Waals surface area contributed by atoms with E-state index in [1.807, 2.05) is 0 Å². The second-order valence-corrected chi connectivity index (χ2v) is 16.4. The van der Waals surface area contributed by atoms with Crippen LogP contribution in [0.4, 0.5) is 17.1 Å². The van der Waals surface area contributed by atoms with E-state index < -0.39 is 0 Å². The average molecular weight is 768 g/mol. The third-order valence-electron chi connectivity index (χ3n) is 13.2. The van der Waals surface area contributed by atoms with Crippen molar-refractivity contribution >= 4 is 27.8 Å². The van der Waals surface area contributed by atoms with Crippen LogP contribution in [0.25, 0.3) is 44.2 Å². The molecule has 60 heavy (non-hydrogen) atoms. The lowest BCUT2D eigenvalue weighted by Crippen LogP contribution is -2.40. The van der Waals surface area contributed by atoms with E-state index >= 15 is 0 Å². The first kappa shape index (κ1) is 35.9. The standard InChI is InChI=1S/C59H45N/c1-5-17-42(18-6-1)43-29-34-49(35-30-43)60(50-36-31-45(32-37-50)53-39-33-44-19-13-14-26-52(44)58(53)46-20-7-2-8-21-46)51-38-40-55-54-27-15-16-28-56(54)59(57(55)41-51,47-22-9-3-10-23-47)48-24-11-4-12-25-48/h1-24,26-41,48,54,56H,25H2. The minimum absolute atomic E-state index is 0.240. The summed E-state index contributed by atoms with van der Waals surface area (Å²) in [4.78, 5) is 2.46. The number of hydrogen-bond acceptors (Lipinski definition) is 1. The number of hydrogen-bond donors (Lipinski definition) is 0. The van der Waals surface area contributed by atoms with Crippen molar-refractivity contribution in [1.82, 2.24) is 0 Å². The van der Waals surface area contributed by atoms with Gasteiger partial charge in [0.15, 0.2) is 0 Å². The van der Waals surface area contributed by atoms with Gasteiger partial charge < -0.3 is 4.90 Å². The van der Waals surface area contributed by atoms with E-state index in [2.05, 4.69) is 248 Å². The van der Waals surface area contributed by atoms with Gasteiger partial charge in [0, 0.05) is 34.3 Å². The zero-order valence-electron chi connectivity index (χ0n) is 33.5. The van der Waals surface area contributed by atoms with Crippen LogP contribution in [0.5, 0.6) is 0 Å². The fraction of sp³-hybridized carbons (Fsp3) is 0.0847. The maximum atomic E-state index is 2.53. The molecule has 4 atom stereocenters. The SMILES string of the molecule is C1=CCC(C2(c3ccccc3)c3cc(N(c4ccc(-c5ccccc5)cc4)c4ccc(-c5ccc6ccccc6c5-c5ccccc5)cc4)ccc3C3C=CC=CC32)C=C1. The van der Waals surface area contributed by atoms with Crippen molar-refractivity contribution in [2.24, 2.45) is 11.8 Å². The molecule has 1 nitrogen and oxygen atoms in total. The molecule has 8 aromatic rings. The molecule has 0 bridgehead atoms. The molecule has 4 unspecified atom stereocenters. The Bertz CT molecular complexity index is 2940. The summed E-state index contributed by atoms with van der Waals surface area (Å²) in [5, 5.41) is 2.51. The molecular formula is C59H45N. The van der Waals surface area contributed by atoms with Crippen LogP contribution >= 0.6 is 0 Å². The van der Waals surface area contributed by atoms with Crippen molar-refractivity contribution in [2.45, 2.75) is 17.8 Å². The van der Waals surface area contributed by atoms with E-state index in [0.717, 1.165) is 23.5 Å². The lowest BCUT2D eigenvalue weighted by Gasteiger charge is -2.44. The van der Waals surface area contributed by atoms with Gasteiger partial charge in [-0.2, -0.15) is 0 Å². The molecule has 0 aromatic heterocycles. The lowest BCUT2D eigenvalue weighted by atomic mass is 9.58. The monoisotopic (exact) mass is 767 g/mol. The molecule has 0 amide bonds. The van der Waals surface area contributed by atoms with Crippen LogP contribution < -0.4 is 4.90 Å². The highest BCUT2D eigenvalue weighted by Gasteiger charge is 2.55. The minimum Gasteiger partial charge on any atom is -0.310 e. The summed E-state index contributed by atoms with van der Waals surface area (Å²) < 4.78 is 0. The summed E-state index contributed by atoms with van der Waals surface area (Å²) in [7, 11) is 0. The molecule has 3 aliphatic rings. The van der Waals surface area contributed by atoms with E-state index in [0.29, 0.717) is 17.8 Å². The number of fused-ring (bicyclic) bond motifs is 4. The third kappa shape index (κ3) is 6.00. The quantitative estimate of drug-likeness (QED) is 0.149. The van der Waals surface area contributed by atoms with E-state index in [-0.39, 0.29) is 5.41 Å². The Morgan fingerprint density at radius 2 is 1.05 bits per heavy atom. The van der Waals surface area contributed by atoms with E-state index in [4.69, 9.17) is 0 Å². The van der Waals surface area contributed by atoms with Gasteiger partial charge >= 0.3 is 0 Å². The van der Waals surface area contributed by atoms with E-state index in [1.54, 1.807) is 0 Å². The van der Waals surface area contributed by atoms with Crippen LogP contribution in [-0.2, 0) is 5.41 Å². The van der Waals surface area contributed by atoms with Gasteiger partial charge in [-0.05, 0) is 110 Å². The summed E-state index contributed by atoms with van der Waals surface area (Å²) in [5.74, 6) is 0.913. The Balaban J connectivity index is 1.09. The molecule has 0 heterocycles. The van der Waals surface area contributed by atoms with Crippen molar-refractivity contribution < 1.29 is 0 Å². The fourth-order valence-electron chi connectivity index (χ4n) is 10.6. The van der Waals surface area contributed by atoms with Gasteiger partial charge in [0.25, 0.3) is 0 Å². The molecule has 0 saturated carbocycles. The third-order valence-corrected chi connectivity index (χ3v) is 13.2. The number of nitrogens with zero attached hydrogens (tertiary/aromatic N) is 1. The normalized spacial score (nSPS) is 19.9. The molecule has 3 aliphatic carbocycles. The Hall–Kier alpha value is -7.22. The number of allylic oxidation sites excluding steroid dienone is 8. The summed E-state index contributed by atoms with van der Waals surface area (Å²) in [6, 6.07) is 71.7. The Morgan fingerprint density at radius 3 is 1.77 bits per heavy atom. The Kier molecular flexibility index (Phi) is 9.09. The zero-order valence-corrected chi connectivity index (χ0v) is 33.5. The average Bonchev–Trinajstić information content (AvgIpc) is 3.63. The molecule has 286 valence electrons. The van der Waals surface area contributed by atoms with Crippen molar-refractivity contribution in [1.29, 1.82) is 0 Å². The van der Waals surface area contributed by atoms with Gasteiger partial charge in [0.1, 0.15) is 0 Å². The van der Waals surface area contributed by atoms with Crippen molar-refractivity contribution in [3.8, 4) is 33.4 Å². The van der Waals surface area contributed by atoms with Gasteiger partial charge in [-0.1, -0.05) is 206 Å². The van der Waals surface area contributed by atoms with Gasteiger partial charge in [-0.3, -0.25) is 0 Å². The fourth-order valence-corrected chi connectivity index (χ4v) is 10.6. The largest absolute Gasteiger partial charge is 0.310 e. The minimum atomic E-state index is -0.240. The van der Waals surface area contributed by atoms with Gasteiger partial charge in [0.2, 0.25) is 0 Å². The first-order chi connectivity index (χ1) is 29.8. The maximum Gasteiger partial charge on any atom is 0.0464 e. The van der Waals surface area contributed by atoms with Gasteiger partial charge in [-0.25, -0.2) is 0 Å². The van der Waals surface area contributed by atoms with E-state index in [9.17, 15) is 0 Å². The highest BCUT2D eigenvalue weighted by molar-refractivity contribution is 6.04. The summed E-state index contributed by atoms with van der Waals surface area (Å²) in [6.07, 6.45) is 19.7. The van der Waals surface area contributed by atoms with Crippen LogP contribution in [0, 0.1) is 11.8 Å². The summed E-state index contributed by atoms with van der Waals surface area (Å²) in [6.45, 7) is 0. The molecule has 0 radical (unpaired) electrons. The Labute approximate surface area is 353 Å². The van der Waals surface area contributed by atoms with Crippen molar-refractivity contribution in [3.63, 3.8) is 0 Å². The van der Waals surface area contributed by atoms with Crippen LogP contribution in [-0.4, -0.2) is 0 Å². The number of benzene rings is 8. The Morgan fingerprint density at radius 1 is 0.450 bits per heavy atom. The second-order valence-electron chi connectivity index (χ2n) is 16.4. The number of rotatable bonds is 8. The topological polar surface area (TPSA) is 3.24 Å². The highest BCUT2D eigenvalue weighted by Crippen LogP contribution is 2.62. The molecule has 0 fully saturated rings. The van der Waals surface area contributed by atoms with E-state index in [1.165, 1.54) is 60.8 Å². The van der Waals surface area contributed by atoms with Gasteiger partial charge in [0.05, 0.1) is 0 Å². The molecular weight excluding hydrogens is 723 g/mol. The zero-order chi connectivity index (χ0) is 39.9. The first-order valence-corrected chi connectivity index (χ1v) is 21.3. The molecule has 8 aromatic carbocycles. The second kappa shape index (κ2) is 15.2.